The molecule has 0 radical (unpaired) electrons. The minimum absolute atomic E-state index is 0.353. The van der Waals surface area contributed by atoms with Gasteiger partial charge in [0.1, 0.15) is 0 Å². The monoisotopic (exact) mass is 282 g/mol. The Kier molecular flexibility index (Phi) is 4.97. The van der Waals surface area contributed by atoms with Gasteiger partial charge in [-0.25, -0.2) is 0 Å². The summed E-state index contributed by atoms with van der Waals surface area (Å²) in [5.74, 6) is 0.781. The van der Waals surface area contributed by atoms with Crippen LogP contribution in [0, 0.1) is 5.92 Å². The van der Waals surface area contributed by atoms with E-state index in [4.69, 9.17) is 4.74 Å². The van der Waals surface area contributed by atoms with Gasteiger partial charge in [-0.05, 0) is 51.5 Å². The maximum absolute atomic E-state index is 9.97. The molecule has 0 aromatic rings. The SMILES string of the molecule is CN1C2CCCC1CC(NCC(O)COCC1CC1)C2. The Labute approximate surface area is 122 Å². The number of piperidine rings is 2. The zero-order valence-electron chi connectivity index (χ0n) is 12.8. The third-order valence-corrected chi connectivity index (χ3v) is 5.34. The van der Waals surface area contributed by atoms with Crippen molar-refractivity contribution in [2.45, 2.75) is 69.2 Å². The quantitative estimate of drug-likeness (QED) is 0.740. The molecule has 1 aliphatic carbocycles. The maximum Gasteiger partial charge on any atom is 0.0897 e. The molecule has 0 aromatic carbocycles. The van der Waals surface area contributed by atoms with Crippen LogP contribution in [-0.4, -0.2) is 61.0 Å². The molecule has 116 valence electrons. The van der Waals surface area contributed by atoms with Gasteiger partial charge in [0.2, 0.25) is 0 Å². The third-order valence-electron chi connectivity index (χ3n) is 5.34. The molecular formula is C16H30N2O2. The highest BCUT2D eigenvalue weighted by atomic mass is 16.5. The zero-order chi connectivity index (χ0) is 13.9. The molecule has 3 atom stereocenters. The van der Waals surface area contributed by atoms with Crippen LogP contribution in [0.25, 0.3) is 0 Å². The number of rotatable bonds is 7. The van der Waals surface area contributed by atoms with Crippen molar-refractivity contribution in [1.82, 2.24) is 10.2 Å². The summed E-state index contributed by atoms with van der Waals surface area (Å²) in [4.78, 5) is 2.58. The van der Waals surface area contributed by atoms with Gasteiger partial charge in [0, 0.05) is 31.3 Å². The molecule has 2 heterocycles. The number of nitrogens with one attached hydrogen (secondary N) is 1. The van der Waals surface area contributed by atoms with Gasteiger partial charge in [-0.15, -0.1) is 0 Å². The van der Waals surface area contributed by atoms with Crippen LogP contribution in [0.4, 0.5) is 0 Å². The lowest BCUT2D eigenvalue weighted by molar-refractivity contribution is 0.0206. The molecule has 1 saturated carbocycles. The molecule has 3 aliphatic rings. The second kappa shape index (κ2) is 6.73. The Bertz CT molecular complexity index is 295. The Hall–Kier alpha value is -0.160. The molecule has 3 rings (SSSR count). The average Bonchev–Trinajstić information content (AvgIpc) is 3.21. The van der Waals surface area contributed by atoms with Crippen LogP contribution in [0.1, 0.15) is 44.9 Å². The van der Waals surface area contributed by atoms with Crippen LogP contribution in [0.15, 0.2) is 0 Å². The van der Waals surface area contributed by atoms with E-state index in [0.717, 1.165) is 24.6 Å². The van der Waals surface area contributed by atoms with Crippen molar-refractivity contribution in [3.05, 3.63) is 0 Å². The summed E-state index contributed by atoms with van der Waals surface area (Å²) in [6.45, 7) is 2.01. The lowest BCUT2D eigenvalue weighted by Crippen LogP contribution is -2.55. The van der Waals surface area contributed by atoms with Crippen molar-refractivity contribution in [3.63, 3.8) is 0 Å². The van der Waals surface area contributed by atoms with E-state index in [1.807, 2.05) is 0 Å². The molecule has 2 bridgehead atoms. The standard InChI is InChI=1S/C16H30N2O2/c1-18-14-3-2-4-15(18)8-13(7-14)17-9-16(19)11-20-10-12-5-6-12/h12-17,19H,2-11H2,1H3. The number of aliphatic hydroxyl groups is 1. The molecule has 4 heteroatoms. The first-order valence-electron chi connectivity index (χ1n) is 8.43. The molecule has 0 aromatic heterocycles. The van der Waals surface area contributed by atoms with E-state index < -0.39 is 0 Å². The summed E-state index contributed by atoms with van der Waals surface area (Å²) in [6, 6.07) is 2.09. The largest absolute Gasteiger partial charge is 0.389 e. The van der Waals surface area contributed by atoms with Crippen molar-refractivity contribution in [2.24, 2.45) is 5.92 Å². The van der Waals surface area contributed by atoms with Crippen molar-refractivity contribution in [1.29, 1.82) is 0 Å². The van der Waals surface area contributed by atoms with E-state index in [2.05, 4.69) is 17.3 Å². The summed E-state index contributed by atoms with van der Waals surface area (Å²) < 4.78 is 5.55. The highest BCUT2D eigenvalue weighted by Gasteiger charge is 2.35. The minimum atomic E-state index is -0.353. The Morgan fingerprint density at radius 2 is 1.90 bits per heavy atom. The summed E-state index contributed by atoms with van der Waals surface area (Å²) in [5.41, 5.74) is 0. The fourth-order valence-electron chi connectivity index (χ4n) is 3.80. The molecule has 2 saturated heterocycles. The second-order valence-corrected chi connectivity index (χ2v) is 7.12. The van der Waals surface area contributed by atoms with Gasteiger partial charge >= 0.3 is 0 Å². The zero-order valence-corrected chi connectivity index (χ0v) is 12.8. The second-order valence-electron chi connectivity index (χ2n) is 7.12. The summed E-state index contributed by atoms with van der Waals surface area (Å²) in [7, 11) is 2.28. The van der Waals surface area contributed by atoms with Crippen LogP contribution in [0.5, 0.6) is 0 Å². The third kappa shape index (κ3) is 3.94. The van der Waals surface area contributed by atoms with Crippen molar-refractivity contribution in [3.8, 4) is 0 Å². The maximum atomic E-state index is 9.97. The highest BCUT2D eigenvalue weighted by molar-refractivity contribution is 4.93. The predicted octanol–water partition coefficient (Wildman–Crippen LogP) is 1.38. The number of ether oxygens (including phenoxy) is 1. The van der Waals surface area contributed by atoms with Gasteiger partial charge in [-0.1, -0.05) is 6.42 Å². The molecule has 0 amide bonds. The van der Waals surface area contributed by atoms with Gasteiger partial charge in [0.15, 0.2) is 0 Å². The van der Waals surface area contributed by atoms with Crippen molar-refractivity contribution >= 4 is 0 Å². The summed E-state index contributed by atoms with van der Waals surface area (Å²) in [6.07, 6.45) is 8.83. The van der Waals surface area contributed by atoms with Gasteiger partial charge in [0.05, 0.1) is 12.7 Å². The fourth-order valence-corrected chi connectivity index (χ4v) is 3.80. The molecule has 3 unspecified atom stereocenters. The van der Waals surface area contributed by atoms with Crippen LogP contribution in [0.3, 0.4) is 0 Å². The normalized spacial score (nSPS) is 36.0. The Morgan fingerprint density at radius 1 is 1.20 bits per heavy atom. The lowest BCUT2D eigenvalue weighted by Gasteiger charge is -2.47. The van der Waals surface area contributed by atoms with E-state index in [0.29, 0.717) is 19.2 Å². The Morgan fingerprint density at radius 3 is 2.55 bits per heavy atom. The molecule has 2 aliphatic heterocycles. The lowest BCUT2D eigenvalue weighted by atomic mass is 9.82. The molecule has 20 heavy (non-hydrogen) atoms. The molecule has 2 N–H and O–H groups in total. The number of nitrogens with zero attached hydrogens (tertiary/aromatic N) is 1. The van der Waals surface area contributed by atoms with Crippen LogP contribution in [0.2, 0.25) is 0 Å². The first-order valence-corrected chi connectivity index (χ1v) is 8.43. The van der Waals surface area contributed by atoms with E-state index in [-0.39, 0.29) is 6.10 Å². The van der Waals surface area contributed by atoms with Crippen LogP contribution < -0.4 is 5.32 Å². The Balaban J connectivity index is 1.33. The van der Waals surface area contributed by atoms with Gasteiger partial charge in [-0.3, -0.25) is 0 Å². The molecule has 4 nitrogen and oxygen atoms in total. The highest BCUT2D eigenvalue weighted by Crippen LogP contribution is 2.32. The number of hydrogen-bond donors (Lipinski definition) is 2. The van der Waals surface area contributed by atoms with Gasteiger partial charge < -0.3 is 20.1 Å². The molecular weight excluding hydrogens is 252 g/mol. The van der Waals surface area contributed by atoms with E-state index in [1.165, 1.54) is 44.9 Å². The average molecular weight is 282 g/mol. The predicted molar refractivity (Wildman–Crippen MR) is 79.8 cm³/mol. The van der Waals surface area contributed by atoms with Gasteiger partial charge in [-0.2, -0.15) is 0 Å². The smallest absolute Gasteiger partial charge is 0.0897 e. The number of fused-ring (bicyclic) bond motifs is 2. The van der Waals surface area contributed by atoms with E-state index in [1.54, 1.807) is 0 Å². The minimum Gasteiger partial charge on any atom is -0.389 e. The first-order chi connectivity index (χ1) is 9.72. The first kappa shape index (κ1) is 14.8. The summed E-state index contributed by atoms with van der Waals surface area (Å²) in [5, 5.41) is 13.5. The van der Waals surface area contributed by atoms with E-state index >= 15 is 0 Å². The van der Waals surface area contributed by atoms with Gasteiger partial charge in [0.25, 0.3) is 0 Å². The number of aliphatic hydroxyl groups excluding tert-OH is 1. The van der Waals surface area contributed by atoms with Crippen LogP contribution >= 0.6 is 0 Å². The molecule has 0 spiro atoms. The van der Waals surface area contributed by atoms with Crippen molar-refractivity contribution in [2.75, 3.05) is 26.8 Å². The topological polar surface area (TPSA) is 44.7 Å². The fraction of sp³-hybridized carbons (Fsp3) is 1.00. The van der Waals surface area contributed by atoms with Crippen molar-refractivity contribution < 1.29 is 9.84 Å². The molecule has 3 fully saturated rings. The van der Waals surface area contributed by atoms with E-state index in [9.17, 15) is 5.11 Å². The summed E-state index contributed by atoms with van der Waals surface area (Å²) >= 11 is 0. The number of hydrogen-bond acceptors (Lipinski definition) is 4. The van der Waals surface area contributed by atoms with Crippen LogP contribution in [-0.2, 0) is 4.74 Å².